The Labute approximate surface area is 88.8 Å². The van der Waals surface area contributed by atoms with Crippen LogP contribution in [0.1, 0.15) is 0 Å². The van der Waals surface area contributed by atoms with E-state index < -0.39 is 38.7 Å². The molecule has 0 rings (SSSR count). The predicted octanol–water partition coefficient (Wildman–Crippen LogP) is -2.24. The van der Waals surface area contributed by atoms with Gasteiger partial charge in [-0.1, -0.05) is 0 Å². The number of aliphatic carboxylic acids is 1. The summed E-state index contributed by atoms with van der Waals surface area (Å²) in [5.41, 5.74) is 0. The Kier molecular flexibility index (Phi) is 6.00. The average molecular weight is 262 g/mol. The van der Waals surface area contributed by atoms with Crippen molar-refractivity contribution in [3.63, 3.8) is 0 Å². The molecule has 0 aliphatic rings. The number of carbonyl (C=O) groups is 1. The highest BCUT2D eigenvalue weighted by atomic mass is 31.2. The third-order valence-electron chi connectivity index (χ3n) is 1.48. The fourth-order valence-electron chi connectivity index (χ4n) is 0.649. The van der Waals surface area contributed by atoms with Gasteiger partial charge in [0.05, 0.1) is 6.61 Å². The van der Waals surface area contributed by atoms with Gasteiger partial charge in [-0.25, -0.2) is 14.6 Å². The van der Waals surface area contributed by atoms with Crippen LogP contribution in [-0.2, 0) is 18.6 Å². The van der Waals surface area contributed by atoms with Crippen LogP contribution in [-0.4, -0.2) is 61.5 Å². The van der Waals surface area contributed by atoms with Gasteiger partial charge >= 0.3 is 13.8 Å². The predicted molar refractivity (Wildman–Crippen MR) is 45.1 cm³/mol. The monoisotopic (exact) mass is 262 g/mol. The second-order valence-corrected chi connectivity index (χ2v) is 4.05. The topological polar surface area (TPSA) is 174 Å². The molecule has 4 atom stereocenters. The Morgan fingerprint density at radius 2 is 1.81 bits per heavy atom. The molecular formula is C5H11O10P. The summed E-state index contributed by atoms with van der Waals surface area (Å²) in [7, 11) is -4.77. The van der Waals surface area contributed by atoms with Crippen molar-refractivity contribution >= 4 is 13.8 Å². The van der Waals surface area contributed by atoms with Crippen molar-refractivity contribution in [1.82, 2.24) is 0 Å². The molecular weight excluding hydrogens is 251 g/mol. The summed E-state index contributed by atoms with van der Waals surface area (Å²) < 4.78 is 17.4. The Morgan fingerprint density at radius 1 is 1.31 bits per heavy atom. The zero-order valence-electron chi connectivity index (χ0n) is 7.70. The maximum absolute atomic E-state index is 10.5. The number of aliphatic hydroxyl groups excluding tert-OH is 3. The first kappa shape index (κ1) is 15.4. The molecule has 0 aromatic rings. The van der Waals surface area contributed by atoms with Gasteiger partial charge in [-0.3, -0.25) is 4.52 Å². The van der Waals surface area contributed by atoms with Crippen LogP contribution >= 0.6 is 7.82 Å². The van der Waals surface area contributed by atoms with E-state index >= 15 is 0 Å². The SMILES string of the molecule is O=C(O)[C@@H](O)[C@H](O)[C@H](O)COP(=O)(O)OO. The van der Waals surface area contributed by atoms with Crippen molar-refractivity contribution in [3.05, 3.63) is 0 Å². The standard InChI is InChI=1S/C5H11O10P/c6-2(1-14-16(12,13)15-11)3(7)4(8)5(9)10/h2-4,6-8,11H,1H2,(H,9,10)(H,12,13)/t2-,3-,4+/m1/s1. The van der Waals surface area contributed by atoms with Crippen LogP contribution < -0.4 is 0 Å². The van der Waals surface area contributed by atoms with E-state index in [-0.39, 0.29) is 0 Å². The molecule has 96 valence electrons. The Balaban J connectivity index is 4.21. The lowest BCUT2D eigenvalue weighted by atomic mass is 10.1. The summed E-state index contributed by atoms with van der Waals surface area (Å²) in [6.45, 7) is -1.03. The van der Waals surface area contributed by atoms with Gasteiger partial charge < -0.3 is 25.3 Å². The molecule has 16 heavy (non-hydrogen) atoms. The molecule has 0 fully saturated rings. The van der Waals surface area contributed by atoms with E-state index in [1.807, 2.05) is 0 Å². The highest BCUT2D eigenvalue weighted by molar-refractivity contribution is 7.47. The Morgan fingerprint density at radius 3 is 2.19 bits per heavy atom. The second-order valence-electron chi connectivity index (χ2n) is 2.69. The van der Waals surface area contributed by atoms with E-state index in [9.17, 15) is 9.36 Å². The van der Waals surface area contributed by atoms with E-state index in [2.05, 4.69) is 9.20 Å². The van der Waals surface area contributed by atoms with Crippen LogP contribution in [0.15, 0.2) is 0 Å². The maximum Gasteiger partial charge on any atom is 0.499 e. The second kappa shape index (κ2) is 6.23. The van der Waals surface area contributed by atoms with Crippen molar-refractivity contribution in [2.45, 2.75) is 18.3 Å². The first-order valence-electron chi connectivity index (χ1n) is 3.78. The van der Waals surface area contributed by atoms with E-state index in [1.54, 1.807) is 0 Å². The number of carboxylic acid groups (broad SMARTS) is 1. The number of hydrogen-bond acceptors (Lipinski definition) is 8. The lowest BCUT2D eigenvalue weighted by Crippen LogP contribution is -2.44. The van der Waals surface area contributed by atoms with Crippen molar-refractivity contribution in [3.8, 4) is 0 Å². The zero-order valence-corrected chi connectivity index (χ0v) is 8.60. The van der Waals surface area contributed by atoms with Crippen molar-refractivity contribution in [2.24, 2.45) is 0 Å². The highest BCUT2D eigenvalue weighted by Crippen LogP contribution is 2.41. The number of phosphoric acid groups is 1. The van der Waals surface area contributed by atoms with E-state index in [4.69, 9.17) is 30.6 Å². The first-order valence-corrected chi connectivity index (χ1v) is 5.28. The number of phosphoric ester groups is 1. The Hall–Kier alpha value is -0.580. The molecule has 0 aliphatic carbocycles. The molecule has 0 aromatic heterocycles. The number of carboxylic acids is 1. The molecule has 0 heterocycles. The lowest BCUT2D eigenvalue weighted by molar-refractivity contribution is -0.169. The summed E-state index contributed by atoms with van der Waals surface area (Å²) in [6.07, 6.45) is -6.37. The van der Waals surface area contributed by atoms with Crippen molar-refractivity contribution in [1.29, 1.82) is 0 Å². The fourth-order valence-corrected chi connectivity index (χ4v) is 1.04. The van der Waals surface area contributed by atoms with Crippen molar-refractivity contribution in [2.75, 3.05) is 6.61 Å². The summed E-state index contributed by atoms with van der Waals surface area (Å²) in [4.78, 5) is 18.7. The average Bonchev–Trinajstić information content (AvgIpc) is 2.23. The molecule has 0 saturated carbocycles. The minimum absolute atomic E-state index is 1.03. The van der Waals surface area contributed by atoms with Crippen LogP contribution in [0.5, 0.6) is 0 Å². The molecule has 0 aliphatic heterocycles. The maximum atomic E-state index is 10.5. The molecule has 0 saturated heterocycles. The molecule has 1 unspecified atom stereocenters. The first-order chi connectivity index (χ1) is 7.21. The van der Waals surface area contributed by atoms with Crippen LogP contribution in [0.3, 0.4) is 0 Å². The van der Waals surface area contributed by atoms with E-state index in [0.717, 1.165) is 0 Å². The summed E-state index contributed by atoms with van der Waals surface area (Å²) in [5, 5.41) is 42.9. The Bertz CT molecular complexity index is 278. The number of aliphatic hydroxyl groups is 3. The van der Waals surface area contributed by atoms with Crippen molar-refractivity contribution < 1.29 is 49.1 Å². The van der Waals surface area contributed by atoms with E-state index in [1.165, 1.54) is 0 Å². The summed E-state index contributed by atoms with van der Waals surface area (Å²) in [6, 6.07) is 0. The largest absolute Gasteiger partial charge is 0.499 e. The molecule has 0 amide bonds. The zero-order chi connectivity index (χ0) is 12.9. The molecule has 0 radical (unpaired) electrons. The van der Waals surface area contributed by atoms with Crippen LogP contribution in [0, 0.1) is 0 Å². The number of hydrogen-bond donors (Lipinski definition) is 6. The van der Waals surface area contributed by atoms with Gasteiger partial charge in [-0.05, 0) is 0 Å². The molecule has 0 spiro atoms. The minimum Gasteiger partial charge on any atom is -0.479 e. The molecule has 11 heteroatoms. The minimum atomic E-state index is -4.77. The lowest BCUT2D eigenvalue weighted by Gasteiger charge is -2.20. The molecule has 6 N–H and O–H groups in total. The summed E-state index contributed by atoms with van der Waals surface area (Å²) >= 11 is 0. The van der Waals surface area contributed by atoms with Crippen LogP contribution in [0.25, 0.3) is 0 Å². The number of rotatable bonds is 7. The van der Waals surface area contributed by atoms with Gasteiger partial charge in [0, 0.05) is 0 Å². The van der Waals surface area contributed by atoms with Gasteiger partial charge in [0.15, 0.2) is 6.10 Å². The smallest absolute Gasteiger partial charge is 0.479 e. The van der Waals surface area contributed by atoms with Gasteiger partial charge in [-0.15, -0.1) is 4.67 Å². The fraction of sp³-hybridized carbons (Fsp3) is 0.800. The van der Waals surface area contributed by atoms with Gasteiger partial charge in [0.1, 0.15) is 12.2 Å². The normalized spacial score (nSPS) is 20.8. The van der Waals surface area contributed by atoms with Crippen LogP contribution in [0.2, 0.25) is 0 Å². The van der Waals surface area contributed by atoms with E-state index in [0.29, 0.717) is 0 Å². The van der Waals surface area contributed by atoms with Gasteiger partial charge in [-0.2, -0.15) is 0 Å². The summed E-state index contributed by atoms with van der Waals surface area (Å²) in [5.74, 6) is -1.79. The van der Waals surface area contributed by atoms with Gasteiger partial charge in [0.25, 0.3) is 0 Å². The van der Waals surface area contributed by atoms with Gasteiger partial charge in [0.2, 0.25) is 0 Å². The molecule has 0 bridgehead atoms. The molecule has 10 nitrogen and oxygen atoms in total. The molecule has 0 aromatic carbocycles. The quantitative estimate of drug-likeness (QED) is 0.167. The third-order valence-corrected chi connectivity index (χ3v) is 2.16. The third kappa shape index (κ3) is 4.96. The highest BCUT2D eigenvalue weighted by Gasteiger charge is 2.32. The van der Waals surface area contributed by atoms with Crippen LogP contribution in [0.4, 0.5) is 0 Å².